The number of fused-ring (bicyclic) bond motifs is 5. The Morgan fingerprint density at radius 3 is 2.57 bits per heavy atom. The molecule has 0 aromatic heterocycles. The summed E-state index contributed by atoms with van der Waals surface area (Å²) in [6.45, 7) is 6.14. The number of hydrogen-bond donors (Lipinski definition) is 2. The third-order valence-electron chi connectivity index (χ3n) is 9.84. The molecule has 4 aliphatic rings. The third-order valence-corrected chi connectivity index (χ3v) is 9.84. The van der Waals surface area contributed by atoms with Gasteiger partial charge in [-0.05, 0) is 56.6 Å². The predicted octanol–water partition coefficient (Wildman–Crippen LogP) is 3.93. The lowest BCUT2D eigenvalue weighted by Gasteiger charge is -2.62. The van der Waals surface area contributed by atoms with Crippen molar-refractivity contribution in [2.75, 3.05) is 6.61 Å². The summed E-state index contributed by atoms with van der Waals surface area (Å²) in [5.74, 6) is -4.69. The summed E-state index contributed by atoms with van der Waals surface area (Å²) >= 11 is 0. The van der Waals surface area contributed by atoms with Gasteiger partial charge in [0.15, 0.2) is 17.1 Å². The Labute approximate surface area is 204 Å². The maximum Gasteiger partial charge on any atom is 0.306 e. The van der Waals surface area contributed by atoms with E-state index in [1.807, 2.05) is 6.92 Å². The van der Waals surface area contributed by atoms with Crippen LogP contribution in [0.5, 0.6) is 0 Å². The lowest BCUT2D eigenvalue weighted by atomic mass is 9.44. The Morgan fingerprint density at radius 1 is 1.26 bits per heavy atom. The maximum atomic E-state index is 17.3. The molecule has 4 aliphatic carbocycles. The van der Waals surface area contributed by atoms with Gasteiger partial charge in [-0.1, -0.05) is 33.3 Å². The SMILES string of the molecule is CCCCC(=O)O[C@@]1(C(=O)CO)[C@@H](C)C[C@H]2[C@@H]3CCC4=C(F)C(=O)C=C[C@]4(C)[C@@]3(F)[C@@H](O)C[C@@]21C. The van der Waals surface area contributed by atoms with Crippen LogP contribution in [0.3, 0.4) is 0 Å². The maximum absolute atomic E-state index is 17.3. The number of esters is 1. The zero-order valence-corrected chi connectivity index (χ0v) is 20.9. The van der Waals surface area contributed by atoms with Crippen molar-refractivity contribution in [1.29, 1.82) is 0 Å². The highest BCUT2D eigenvalue weighted by Gasteiger charge is 2.77. The monoisotopic (exact) mass is 494 g/mol. The van der Waals surface area contributed by atoms with Crippen molar-refractivity contribution in [3.63, 3.8) is 0 Å². The van der Waals surface area contributed by atoms with Crippen LogP contribution in [0.2, 0.25) is 0 Å². The molecule has 0 saturated heterocycles. The molecule has 0 aromatic carbocycles. The minimum atomic E-state index is -2.27. The van der Waals surface area contributed by atoms with Crippen LogP contribution in [0.4, 0.5) is 8.78 Å². The largest absolute Gasteiger partial charge is 0.450 e. The Kier molecular flexibility index (Phi) is 6.41. The zero-order chi connectivity index (χ0) is 26.0. The molecule has 3 saturated carbocycles. The molecule has 0 unspecified atom stereocenters. The number of rotatable bonds is 6. The molecule has 35 heavy (non-hydrogen) atoms. The first-order valence-electron chi connectivity index (χ1n) is 12.7. The average molecular weight is 495 g/mol. The lowest BCUT2D eigenvalue weighted by molar-refractivity contribution is -0.228. The Morgan fingerprint density at radius 2 is 1.94 bits per heavy atom. The van der Waals surface area contributed by atoms with Gasteiger partial charge in [-0.2, -0.15) is 0 Å². The Hall–Kier alpha value is -1.93. The van der Waals surface area contributed by atoms with E-state index in [0.717, 1.165) is 12.5 Å². The second-order valence-electron chi connectivity index (χ2n) is 11.4. The molecule has 2 N–H and O–H groups in total. The number of aliphatic hydroxyl groups is 2. The second-order valence-corrected chi connectivity index (χ2v) is 11.4. The van der Waals surface area contributed by atoms with Crippen molar-refractivity contribution < 1.29 is 38.1 Å². The topological polar surface area (TPSA) is 101 Å². The fraction of sp³-hybridized carbons (Fsp3) is 0.741. The van der Waals surface area contributed by atoms with Gasteiger partial charge in [0, 0.05) is 29.1 Å². The molecule has 8 heteroatoms. The third kappa shape index (κ3) is 3.21. The number of unbranched alkanes of at least 4 members (excludes halogenated alkanes) is 1. The summed E-state index contributed by atoms with van der Waals surface area (Å²) < 4.78 is 38.1. The summed E-state index contributed by atoms with van der Waals surface area (Å²) in [7, 11) is 0. The first kappa shape index (κ1) is 26.1. The van der Waals surface area contributed by atoms with E-state index in [2.05, 4.69) is 0 Å². The van der Waals surface area contributed by atoms with Gasteiger partial charge in [0.25, 0.3) is 0 Å². The van der Waals surface area contributed by atoms with Crippen LogP contribution in [-0.2, 0) is 19.1 Å². The van der Waals surface area contributed by atoms with E-state index in [-0.39, 0.29) is 31.3 Å². The van der Waals surface area contributed by atoms with Crippen molar-refractivity contribution in [3.8, 4) is 0 Å². The van der Waals surface area contributed by atoms with E-state index < -0.39 is 75.9 Å². The van der Waals surface area contributed by atoms with Crippen LogP contribution in [-0.4, -0.2) is 51.7 Å². The van der Waals surface area contributed by atoms with Gasteiger partial charge >= 0.3 is 5.97 Å². The first-order chi connectivity index (χ1) is 16.3. The number of allylic oxidation sites excluding steroid dienone is 4. The van der Waals surface area contributed by atoms with Crippen molar-refractivity contribution in [3.05, 3.63) is 23.6 Å². The van der Waals surface area contributed by atoms with E-state index in [1.165, 1.54) is 13.0 Å². The van der Waals surface area contributed by atoms with Gasteiger partial charge in [0.1, 0.15) is 6.61 Å². The number of carbonyl (C=O) groups is 3. The van der Waals surface area contributed by atoms with Gasteiger partial charge in [0.2, 0.25) is 11.6 Å². The molecule has 0 bridgehead atoms. The van der Waals surface area contributed by atoms with Crippen molar-refractivity contribution in [2.45, 2.75) is 90.0 Å². The molecule has 0 radical (unpaired) electrons. The summed E-state index contributed by atoms with van der Waals surface area (Å²) in [6.07, 6.45) is 2.76. The molecular weight excluding hydrogens is 458 g/mol. The van der Waals surface area contributed by atoms with E-state index in [9.17, 15) is 29.0 Å². The average Bonchev–Trinajstić information content (AvgIpc) is 3.03. The molecule has 4 rings (SSSR count). The number of ether oxygens (including phenoxy) is 1. The normalized spacial score (nSPS) is 44.5. The lowest BCUT2D eigenvalue weighted by Crippen LogP contribution is -2.70. The summed E-state index contributed by atoms with van der Waals surface area (Å²) in [5.41, 5.74) is -6.54. The molecule has 0 aromatic rings. The van der Waals surface area contributed by atoms with E-state index in [0.29, 0.717) is 12.8 Å². The smallest absolute Gasteiger partial charge is 0.306 e. The minimum absolute atomic E-state index is 0.0705. The number of aliphatic hydroxyl groups excluding tert-OH is 2. The highest BCUT2D eigenvalue weighted by atomic mass is 19.1. The van der Waals surface area contributed by atoms with E-state index >= 15 is 4.39 Å². The summed E-state index contributed by atoms with van der Waals surface area (Å²) in [4.78, 5) is 38.1. The van der Waals surface area contributed by atoms with Gasteiger partial charge in [-0.3, -0.25) is 14.4 Å². The van der Waals surface area contributed by atoms with Gasteiger partial charge in [-0.25, -0.2) is 8.78 Å². The molecular formula is C27H36F2O6. The van der Waals surface area contributed by atoms with Gasteiger partial charge < -0.3 is 14.9 Å². The highest BCUT2D eigenvalue weighted by Crippen LogP contribution is 2.71. The number of carbonyl (C=O) groups excluding carboxylic acids is 3. The Bertz CT molecular complexity index is 1010. The minimum Gasteiger partial charge on any atom is -0.450 e. The molecule has 0 spiro atoms. The van der Waals surface area contributed by atoms with Crippen molar-refractivity contribution in [2.24, 2.45) is 28.6 Å². The second kappa shape index (κ2) is 8.58. The van der Waals surface area contributed by atoms with Crippen LogP contribution in [0.15, 0.2) is 23.6 Å². The van der Waals surface area contributed by atoms with Crippen LogP contribution >= 0.6 is 0 Å². The van der Waals surface area contributed by atoms with Crippen molar-refractivity contribution in [1.82, 2.24) is 0 Å². The highest BCUT2D eigenvalue weighted by molar-refractivity contribution is 6.04. The molecule has 0 heterocycles. The quantitative estimate of drug-likeness (QED) is 0.543. The van der Waals surface area contributed by atoms with Gasteiger partial charge in [0.05, 0.1) is 6.10 Å². The standard InChI is InChI=1S/C27H36F2O6/c1-5-6-7-22(34)35-27(21(33)14-30)15(2)12-18-16-8-9-17-23(28)19(31)10-11-24(17,3)26(16,29)20(32)13-25(18,27)4/h10-11,15-16,18,20,30,32H,5-9,12-14H2,1-4H3/t15-,16-,18-,20-,24-,25-,26-,27+/m0/s1. The molecule has 3 fully saturated rings. The van der Waals surface area contributed by atoms with Crippen LogP contribution in [0.1, 0.15) is 72.6 Å². The number of Topliss-reactive ketones (excluding diaryl/α,β-unsaturated/α-hetero) is 1. The summed E-state index contributed by atoms with van der Waals surface area (Å²) in [6, 6.07) is 0. The van der Waals surface area contributed by atoms with E-state index in [4.69, 9.17) is 4.74 Å². The molecule has 0 aliphatic heterocycles. The molecule has 0 amide bonds. The first-order valence-corrected chi connectivity index (χ1v) is 12.7. The van der Waals surface area contributed by atoms with Crippen LogP contribution in [0.25, 0.3) is 0 Å². The van der Waals surface area contributed by atoms with Crippen LogP contribution < -0.4 is 0 Å². The number of halogens is 2. The van der Waals surface area contributed by atoms with E-state index in [1.54, 1.807) is 13.8 Å². The van der Waals surface area contributed by atoms with Crippen molar-refractivity contribution >= 4 is 17.5 Å². The predicted molar refractivity (Wildman–Crippen MR) is 123 cm³/mol. The zero-order valence-electron chi connectivity index (χ0n) is 20.9. The van der Waals surface area contributed by atoms with Gasteiger partial charge in [-0.15, -0.1) is 0 Å². The fourth-order valence-corrected chi connectivity index (χ4v) is 8.15. The Balaban J connectivity index is 1.82. The molecule has 6 nitrogen and oxygen atoms in total. The fourth-order valence-electron chi connectivity index (χ4n) is 8.15. The van der Waals surface area contributed by atoms with Crippen LogP contribution in [0, 0.1) is 28.6 Å². The summed E-state index contributed by atoms with van der Waals surface area (Å²) in [5, 5.41) is 21.3. The number of hydrogen-bond acceptors (Lipinski definition) is 6. The molecule has 8 atom stereocenters. The number of alkyl halides is 1. The number of ketones is 2. The molecule has 194 valence electrons.